The summed E-state index contributed by atoms with van der Waals surface area (Å²) in [5.74, 6) is 0.0959. The van der Waals surface area contributed by atoms with Gasteiger partial charge in [-0.15, -0.1) is 0 Å². The molecule has 1 saturated heterocycles. The van der Waals surface area contributed by atoms with Gasteiger partial charge in [0.25, 0.3) is 0 Å². The molecule has 1 heterocycles. The molecule has 0 aliphatic carbocycles. The van der Waals surface area contributed by atoms with Crippen LogP contribution in [0.4, 0.5) is 0 Å². The summed E-state index contributed by atoms with van der Waals surface area (Å²) in [6, 6.07) is 20.7. The summed E-state index contributed by atoms with van der Waals surface area (Å²) in [5, 5.41) is 3.50. The molecule has 1 aliphatic heterocycles. The minimum atomic E-state index is -0.0843. The molecule has 3 heteroatoms. The second-order valence-electron chi connectivity index (χ2n) is 6.30. The number of rotatable bonds is 6. The number of benzene rings is 2. The second kappa shape index (κ2) is 7.42. The van der Waals surface area contributed by atoms with Crippen LogP contribution in [-0.2, 0) is 22.5 Å². The number of carbonyl (C=O) groups is 1. The molecular weight excluding hydrogens is 286 g/mol. The number of nitrogens with one attached hydrogen (secondary N) is 1. The van der Waals surface area contributed by atoms with E-state index in [2.05, 4.69) is 36.5 Å². The average molecular weight is 309 g/mol. The van der Waals surface area contributed by atoms with Gasteiger partial charge in [-0.1, -0.05) is 67.6 Å². The van der Waals surface area contributed by atoms with E-state index < -0.39 is 0 Å². The van der Waals surface area contributed by atoms with Crippen molar-refractivity contribution in [1.29, 1.82) is 0 Å². The van der Waals surface area contributed by atoms with Crippen molar-refractivity contribution in [3.05, 3.63) is 71.8 Å². The Bertz CT molecular complexity index is 627. The molecular formula is C20H23NO2. The van der Waals surface area contributed by atoms with Crippen LogP contribution in [0.1, 0.15) is 18.1 Å². The highest BCUT2D eigenvalue weighted by Crippen LogP contribution is 2.27. The lowest BCUT2D eigenvalue weighted by Gasteiger charge is -2.23. The van der Waals surface area contributed by atoms with Crippen LogP contribution in [0.5, 0.6) is 0 Å². The zero-order valence-corrected chi connectivity index (χ0v) is 13.4. The van der Waals surface area contributed by atoms with Crippen molar-refractivity contribution < 1.29 is 9.53 Å². The fraction of sp³-hybridized carbons (Fsp3) is 0.350. The van der Waals surface area contributed by atoms with Crippen LogP contribution in [0.25, 0.3) is 0 Å². The molecule has 3 atom stereocenters. The van der Waals surface area contributed by atoms with Gasteiger partial charge in [0, 0.05) is 6.54 Å². The van der Waals surface area contributed by atoms with E-state index in [4.69, 9.17) is 4.74 Å². The largest absolute Gasteiger partial charge is 0.464 e. The molecule has 3 rings (SSSR count). The first-order valence-corrected chi connectivity index (χ1v) is 8.22. The topological polar surface area (TPSA) is 38.3 Å². The lowest BCUT2D eigenvalue weighted by molar-refractivity contribution is -0.142. The van der Waals surface area contributed by atoms with Gasteiger partial charge in [-0.3, -0.25) is 4.79 Å². The Morgan fingerprint density at radius 2 is 1.65 bits per heavy atom. The highest BCUT2D eigenvalue weighted by molar-refractivity contribution is 5.75. The maximum Gasteiger partial charge on any atom is 0.310 e. The number of ether oxygens (including phenoxy) is 1. The highest BCUT2D eigenvalue weighted by atomic mass is 16.5. The summed E-state index contributed by atoms with van der Waals surface area (Å²) in [5.41, 5.74) is 2.49. The van der Waals surface area contributed by atoms with Crippen LogP contribution in [-0.4, -0.2) is 18.6 Å². The average Bonchev–Trinajstić information content (AvgIpc) is 2.95. The van der Waals surface area contributed by atoms with Crippen molar-refractivity contribution in [2.24, 2.45) is 11.8 Å². The molecule has 2 aromatic rings. The van der Waals surface area contributed by atoms with Gasteiger partial charge in [-0.2, -0.15) is 0 Å². The maximum atomic E-state index is 12.2. The molecule has 1 unspecified atom stereocenters. The third-order valence-electron chi connectivity index (χ3n) is 4.54. The number of esters is 1. The van der Waals surface area contributed by atoms with Gasteiger partial charge in [0.15, 0.2) is 0 Å². The van der Waals surface area contributed by atoms with Crippen molar-refractivity contribution in [3.63, 3.8) is 0 Å². The SMILES string of the molecule is CC(Cc1ccccc1)[C@H]1C(=O)OC[C@@H]1NCc1ccccc1. The molecule has 1 aliphatic rings. The van der Waals surface area contributed by atoms with Crippen molar-refractivity contribution in [2.45, 2.75) is 25.9 Å². The Labute approximate surface area is 137 Å². The van der Waals surface area contributed by atoms with Crippen LogP contribution in [0.15, 0.2) is 60.7 Å². The fourth-order valence-corrected chi connectivity index (χ4v) is 3.31. The zero-order valence-electron chi connectivity index (χ0n) is 13.4. The van der Waals surface area contributed by atoms with Gasteiger partial charge in [0.05, 0.1) is 12.0 Å². The predicted molar refractivity (Wildman–Crippen MR) is 90.8 cm³/mol. The van der Waals surface area contributed by atoms with Crippen molar-refractivity contribution in [3.8, 4) is 0 Å². The van der Waals surface area contributed by atoms with E-state index in [1.165, 1.54) is 11.1 Å². The van der Waals surface area contributed by atoms with E-state index >= 15 is 0 Å². The van der Waals surface area contributed by atoms with Gasteiger partial charge in [0.2, 0.25) is 0 Å². The molecule has 1 fully saturated rings. The first kappa shape index (κ1) is 15.8. The Morgan fingerprint density at radius 1 is 1.04 bits per heavy atom. The Morgan fingerprint density at radius 3 is 2.30 bits per heavy atom. The summed E-state index contributed by atoms with van der Waals surface area (Å²) >= 11 is 0. The van der Waals surface area contributed by atoms with Crippen molar-refractivity contribution in [1.82, 2.24) is 5.32 Å². The zero-order chi connectivity index (χ0) is 16.1. The fourth-order valence-electron chi connectivity index (χ4n) is 3.31. The van der Waals surface area contributed by atoms with Gasteiger partial charge in [-0.25, -0.2) is 0 Å². The Hall–Kier alpha value is -2.13. The molecule has 23 heavy (non-hydrogen) atoms. The summed E-state index contributed by atoms with van der Waals surface area (Å²) in [4.78, 5) is 12.2. The smallest absolute Gasteiger partial charge is 0.310 e. The third kappa shape index (κ3) is 3.99. The Kier molecular flexibility index (Phi) is 5.09. The van der Waals surface area contributed by atoms with E-state index in [0.29, 0.717) is 6.61 Å². The van der Waals surface area contributed by atoms with Crippen LogP contribution in [0.3, 0.4) is 0 Å². The molecule has 120 valence electrons. The lowest BCUT2D eigenvalue weighted by atomic mass is 9.84. The van der Waals surface area contributed by atoms with Crippen LogP contribution >= 0.6 is 0 Å². The van der Waals surface area contributed by atoms with Gasteiger partial charge in [-0.05, 0) is 23.5 Å². The highest BCUT2D eigenvalue weighted by Gasteiger charge is 2.40. The second-order valence-corrected chi connectivity index (χ2v) is 6.30. The molecule has 1 N–H and O–H groups in total. The van der Waals surface area contributed by atoms with Gasteiger partial charge < -0.3 is 10.1 Å². The van der Waals surface area contributed by atoms with Crippen LogP contribution in [0, 0.1) is 11.8 Å². The van der Waals surface area contributed by atoms with E-state index in [0.717, 1.165) is 13.0 Å². The summed E-state index contributed by atoms with van der Waals surface area (Å²) < 4.78 is 5.32. The van der Waals surface area contributed by atoms with E-state index in [1.807, 2.05) is 36.4 Å². The van der Waals surface area contributed by atoms with Crippen molar-refractivity contribution >= 4 is 5.97 Å². The minimum absolute atomic E-state index is 0.0704. The number of hydrogen-bond acceptors (Lipinski definition) is 3. The van der Waals surface area contributed by atoms with Crippen molar-refractivity contribution in [2.75, 3.05) is 6.61 Å². The summed E-state index contributed by atoms with van der Waals surface area (Å²) in [6.07, 6.45) is 0.893. The first-order chi connectivity index (χ1) is 11.2. The molecule has 0 amide bonds. The molecule has 0 saturated carbocycles. The van der Waals surface area contributed by atoms with E-state index in [1.54, 1.807) is 0 Å². The normalized spacial score (nSPS) is 21.9. The summed E-state index contributed by atoms with van der Waals surface area (Å²) in [7, 11) is 0. The quantitative estimate of drug-likeness (QED) is 0.833. The van der Waals surface area contributed by atoms with Gasteiger partial charge >= 0.3 is 5.97 Å². The van der Waals surface area contributed by atoms with Crippen LogP contribution < -0.4 is 5.32 Å². The monoisotopic (exact) mass is 309 g/mol. The standard InChI is InChI=1S/C20H23NO2/c1-15(12-16-8-4-2-5-9-16)19-18(14-23-20(19)22)21-13-17-10-6-3-7-11-17/h2-11,15,18-19,21H,12-14H2,1H3/t15?,18-,19+/m0/s1. The van der Waals surface area contributed by atoms with Crippen LogP contribution in [0.2, 0.25) is 0 Å². The summed E-state index contributed by atoms with van der Waals surface area (Å²) in [6.45, 7) is 3.37. The van der Waals surface area contributed by atoms with Gasteiger partial charge in [0.1, 0.15) is 6.61 Å². The molecule has 0 spiro atoms. The molecule has 0 aromatic heterocycles. The Balaban J connectivity index is 1.62. The molecule has 2 aromatic carbocycles. The number of carbonyl (C=O) groups excluding carboxylic acids is 1. The molecule has 0 radical (unpaired) electrons. The minimum Gasteiger partial charge on any atom is -0.464 e. The molecule has 3 nitrogen and oxygen atoms in total. The molecule has 0 bridgehead atoms. The third-order valence-corrected chi connectivity index (χ3v) is 4.54. The van der Waals surface area contributed by atoms with E-state index in [-0.39, 0.29) is 23.8 Å². The van der Waals surface area contributed by atoms with E-state index in [9.17, 15) is 4.79 Å². The predicted octanol–water partition coefficient (Wildman–Crippen LogP) is 3.20. The number of hydrogen-bond donors (Lipinski definition) is 1. The lowest BCUT2D eigenvalue weighted by Crippen LogP contribution is -2.39. The number of cyclic esters (lactones) is 1. The first-order valence-electron chi connectivity index (χ1n) is 8.22. The maximum absolute atomic E-state index is 12.2.